The van der Waals surface area contributed by atoms with Crippen LogP contribution in [0.4, 0.5) is 0 Å². The Kier molecular flexibility index (Phi) is 51.5. The van der Waals surface area contributed by atoms with Gasteiger partial charge >= 0.3 is 10.4 Å². The normalized spacial score (nSPS) is 19.0. The second-order valence-corrected chi connectivity index (χ2v) is 24.1. The number of unbranched alkanes of at least 4 members (excludes halogenated alkanes) is 44. The minimum atomic E-state index is -5.09. The van der Waals surface area contributed by atoms with Gasteiger partial charge in [-0.1, -0.05) is 295 Å². The molecular weight excluding hydrogens is 991 g/mol. The van der Waals surface area contributed by atoms with Crippen molar-refractivity contribution in [2.45, 2.75) is 365 Å². The van der Waals surface area contributed by atoms with Gasteiger partial charge < -0.3 is 35.2 Å². The van der Waals surface area contributed by atoms with E-state index in [4.69, 9.17) is 9.47 Å². The van der Waals surface area contributed by atoms with Crippen LogP contribution in [0.15, 0.2) is 24.3 Å². The molecule has 0 aromatic rings. The zero-order chi connectivity index (χ0) is 56.1. The van der Waals surface area contributed by atoms with E-state index < -0.39 is 59.9 Å². The summed E-state index contributed by atoms with van der Waals surface area (Å²) in [6, 6.07) is -0.945. The van der Waals surface area contributed by atoms with Gasteiger partial charge in [0.05, 0.1) is 25.4 Å². The maximum atomic E-state index is 13.2. The van der Waals surface area contributed by atoms with Crippen LogP contribution in [-0.4, -0.2) is 95.4 Å². The molecule has 6 N–H and O–H groups in total. The lowest BCUT2D eigenvalue weighted by Crippen LogP contribution is -2.61. The fourth-order valence-corrected chi connectivity index (χ4v) is 11.2. The third-order valence-electron chi connectivity index (χ3n) is 15.7. The van der Waals surface area contributed by atoms with Crippen LogP contribution < -0.4 is 5.32 Å². The quantitative estimate of drug-likeness (QED) is 0.0193. The highest BCUT2D eigenvalue weighted by molar-refractivity contribution is 7.80. The standard InChI is InChI=1S/C64H123NO11S/c1-3-5-7-9-11-13-15-17-19-21-23-25-27-29-31-33-35-37-39-41-43-45-47-49-51-53-58(67)57(56-74-64-62(70)63(76-77(71,72)73)61(69)59(55-66)75-64)65-60(68)54-52-50-48-46-44-42-40-38-36-34-32-30-28-26-24-22-20-18-16-14-12-10-8-6-4-2/h30,32,51,53,57-59,61-64,66-67,69-70H,3-29,31,33-50,52,54-56H2,1-2H3,(H,65,68)(H,71,72,73)/b32-30-,53-51+. The highest BCUT2D eigenvalue weighted by Gasteiger charge is 2.48. The molecule has 0 bridgehead atoms. The molecule has 0 aromatic carbocycles. The third kappa shape index (κ3) is 45.8. The number of rotatable bonds is 58. The molecule has 0 saturated carbocycles. The fraction of sp³-hybridized carbons (Fsp3) is 0.922. The summed E-state index contributed by atoms with van der Waals surface area (Å²) in [4.78, 5) is 13.2. The first kappa shape index (κ1) is 73.6. The number of carbonyl (C=O) groups is 1. The summed E-state index contributed by atoms with van der Waals surface area (Å²) in [5.74, 6) is -0.259. The van der Waals surface area contributed by atoms with Gasteiger partial charge in [0, 0.05) is 6.42 Å². The summed E-state index contributed by atoms with van der Waals surface area (Å²) in [7, 11) is -5.09. The van der Waals surface area contributed by atoms with E-state index in [-0.39, 0.29) is 18.9 Å². The van der Waals surface area contributed by atoms with Gasteiger partial charge in [0.15, 0.2) is 6.29 Å². The van der Waals surface area contributed by atoms with Crippen LogP contribution in [0, 0.1) is 0 Å². The zero-order valence-electron chi connectivity index (χ0n) is 49.8. The summed E-state index contributed by atoms with van der Waals surface area (Å²) in [6.07, 6.45) is 59.5. The molecule has 1 aliphatic rings. The number of ether oxygens (including phenoxy) is 2. The van der Waals surface area contributed by atoms with Gasteiger partial charge in [-0.25, -0.2) is 4.18 Å². The number of nitrogens with one attached hydrogen (secondary N) is 1. The van der Waals surface area contributed by atoms with Crippen LogP contribution in [-0.2, 0) is 28.9 Å². The highest BCUT2D eigenvalue weighted by Crippen LogP contribution is 2.26. The largest absolute Gasteiger partial charge is 0.397 e. The van der Waals surface area contributed by atoms with Gasteiger partial charge in [0.1, 0.15) is 24.4 Å². The van der Waals surface area contributed by atoms with Crippen LogP contribution in [0.5, 0.6) is 0 Å². The van der Waals surface area contributed by atoms with Crippen molar-refractivity contribution in [1.82, 2.24) is 5.32 Å². The Morgan fingerprint density at radius 2 is 0.831 bits per heavy atom. The molecule has 0 aromatic heterocycles. The lowest BCUT2D eigenvalue weighted by atomic mass is 9.99. The second kappa shape index (κ2) is 53.9. The van der Waals surface area contributed by atoms with Crippen molar-refractivity contribution in [1.29, 1.82) is 0 Å². The molecule has 1 aliphatic heterocycles. The summed E-state index contributed by atoms with van der Waals surface area (Å²) >= 11 is 0. The van der Waals surface area contributed by atoms with Crippen LogP contribution in [0.3, 0.4) is 0 Å². The van der Waals surface area contributed by atoms with Crippen molar-refractivity contribution in [3.8, 4) is 0 Å². The van der Waals surface area contributed by atoms with Crippen molar-refractivity contribution in [2.24, 2.45) is 0 Å². The Bertz CT molecular complexity index is 1450. The highest BCUT2D eigenvalue weighted by atomic mass is 32.3. The van der Waals surface area contributed by atoms with Crippen molar-refractivity contribution in [3.05, 3.63) is 24.3 Å². The lowest BCUT2D eigenvalue weighted by molar-refractivity contribution is -0.298. The van der Waals surface area contributed by atoms with Crippen LogP contribution in [0.2, 0.25) is 0 Å². The smallest absolute Gasteiger partial charge is 0.394 e. The van der Waals surface area contributed by atoms with E-state index in [1.54, 1.807) is 6.08 Å². The maximum Gasteiger partial charge on any atom is 0.397 e. The number of aliphatic hydroxyl groups excluding tert-OH is 4. The number of allylic oxidation sites excluding steroid dienone is 3. The van der Waals surface area contributed by atoms with Gasteiger partial charge in [0.2, 0.25) is 5.91 Å². The molecule has 1 heterocycles. The third-order valence-corrected chi connectivity index (χ3v) is 16.2. The number of aliphatic hydroxyl groups is 4. The molecule has 1 saturated heterocycles. The van der Waals surface area contributed by atoms with E-state index in [0.29, 0.717) is 6.42 Å². The van der Waals surface area contributed by atoms with Crippen molar-refractivity contribution < 1.29 is 51.8 Å². The molecule has 1 amide bonds. The molecule has 0 spiro atoms. The lowest BCUT2D eigenvalue weighted by Gasteiger charge is -2.41. The van der Waals surface area contributed by atoms with Crippen molar-refractivity contribution in [3.63, 3.8) is 0 Å². The molecule has 1 fully saturated rings. The van der Waals surface area contributed by atoms with E-state index in [0.717, 1.165) is 38.5 Å². The summed E-state index contributed by atoms with van der Waals surface area (Å²) < 4.78 is 48.0. The van der Waals surface area contributed by atoms with Gasteiger partial charge in [-0.3, -0.25) is 9.35 Å². The van der Waals surface area contributed by atoms with Gasteiger partial charge in [-0.15, -0.1) is 0 Å². The summed E-state index contributed by atoms with van der Waals surface area (Å²) in [5, 5.41) is 45.1. The Labute approximate surface area is 473 Å². The van der Waals surface area contributed by atoms with Gasteiger partial charge in [-0.05, 0) is 44.9 Å². The molecule has 12 nitrogen and oxygen atoms in total. The molecule has 0 aliphatic carbocycles. The predicted molar refractivity (Wildman–Crippen MR) is 319 cm³/mol. The Morgan fingerprint density at radius 3 is 1.17 bits per heavy atom. The fourth-order valence-electron chi connectivity index (χ4n) is 10.7. The molecular formula is C64H123NO11S. The molecule has 77 heavy (non-hydrogen) atoms. The monoisotopic (exact) mass is 1110 g/mol. The topological polar surface area (TPSA) is 192 Å². The predicted octanol–water partition coefficient (Wildman–Crippen LogP) is 16.4. The number of amides is 1. The summed E-state index contributed by atoms with van der Waals surface area (Å²) in [5.41, 5.74) is 0. The minimum Gasteiger partial charge on any atom is -0.394 e. The molecule has 13 heteroatoms. The number of hydrogen-bond donors (Lipinski definition) is 6. The van der Waals surface area contributed by atoms with E-state index in [9.17, 15) is 38.2 Å². The molecule has 0 radical (unpaired) electrons. The molecule has 7 unspecified atom stereocenters. The molecule has 7 atom stereocenters. The summed E-state index contributed by atoms with van der Waals surface area (Å²) in [6.45, 7) is 3.45. The second-order valence-electron chi connectivity index (χ2n) is 23.1. The minimum absolute atomic E-state index is 0.259. The zero-order valence-corrected chi connectivity index (χ0v) is 50.6. The molecule has 1 rings (SSSR count). The average Bonchev–Trinajstić information content (AvgIpc) is 3.41. The van der Waals surface area contributed by atoms with Crippen LogP contribution in [0.1, 0.15) is 322 Å². The van der Waals surface area contributed by atoms with Crippen LogP contribution >= 0.6 is 0 Å². The van der Waals surface area contributed by atoms with E-state index >= 15 is 0 Å². The Balaban J connectivity index is 2.31. The van der Waals surface area contributed by atoms with Gasteiger partial charge in [0.25, 0.3) is 0 Å². The first-order valence-electron chi connectivity index (χ1n) is 32.7. The first-order valence-corrected chi connectivity index (χ1v) is 34.1. The number of carbonyl (C=O) groups excluding carboxylic acids is 1. The van der Waals surface area contributed by atoms with Gasteiger partial charge in [-0.2, -0.15) is 8.42 Å². The van der Waals surface area contributed by atoms with E-state index in [2.05, 4.69) is 35.5 Å². The first-order chi connectivity index (χ1) is 37.5. The average molecular weight is 1110 g/mol. The SMILES string of the molecule is CCCCCCCCCCCCCC/C=C\CCCCCCCCCCCC(=O)NC(COC1OC(CO)C(O)C(OS(=O)(=O)O)C1O)C(O)/C=C/CCCCCCCCCCCCCCCCCCCCCCCCC. The van der Waals surface area contributed by atoms with Crippen LogP contribution in [0.25, 0.3) is 0 Å². The van der Waals surface area contributed by atoms with Crippen molar-refractivity contribution >= 4 is 16.3 Å². The Morgan fingerprint density at radius 1 is 0.506 bits per heavy atom. The van der Waals surface area contributed by atoms with E-state index in [1.165, 1.54) is 257 Å². The maximum absolute atomic E-state index is 13.2. The van der Waals surface area contributed by atoms with Crippen molar-refractivity contribution in [2.75, 3.05) is 13.2 Å². The van der Waals surface area contributed by atoms with E-state index in [1.807, 2.05) is 6.08 Å². The number of hydrogen-bond acceptors (Lipinski definition) is 10. The molecule has 456 valence electrons. The Hall–Kier alpha value is -1.42.